The highest BCUT2D eigenvalue weighted by Crippen LogP contribution is 2.57. The van der Waals surface area contributed by atoms with Gasteiger partial charge in [-0.3, -0.25) is 19.5 Å². The van der Waals surface area contributed by atoms with Crippen LogP contribution in [-0.2, 0) is 27.5 Å². The summed E-state index contributed by atoms with van der Waals surface area (Å²) in [7, 11) is -10.5. The molecule has 0 aromatic heterocycles. The molecule has 2 unspecified atom stereocenters. The lowest BCUT2D eigenvalue weighted by Crippen LogP contribution is -2.60. The number of phosphoric ester groups is 1. The van der Waals surface area contributed by atoms with Crippen LogP contribution < -0.4 is 5.32 Å². The molecule has 0 saturated carbocycles. The van der Waals surface area contributed by atoms with Crippen LogP contribution in [0.15, 0.2) is 0 Å². The predicted molar refractivity (Wildman–Crippen MR) is 87.6 cm³/mol. The molecule has 0 aromatic rings. The predicted octanol–water partition coefficient (Wildman–Crippen LogP) is -1.99. The average molecular weight is 532 g/mol. The quantitative estimate of drug-likeness (QED) is 0.125. The molecule has 150 valence electrons. The third-order valence-corrected chi connectivity index (χ3v) is 6.50. The Morgan fingerprint density at radius 1 is 1.23 bits per heavy atom. The average Bonchev–Trinajstić information content (AvgIpc) is 2.75. The lowest BCUT2D eigenvalue weighted by atomic mass is 10.1. The van der Waals surface area contributed by atoms with E-state index in [-0.39, 0.29) is 6.54 Å². The van der Waals surface area contributed by atoms with Crippen molar-refractivity contribution in [2.24, 2.45) is 0 Å². The summed E-state index contributed by atoms with van der Waals surface area (Å²) in [6.07, 6.45) is -6.10. The summed E-state index contributed by atoms with van der Waals surface area (Å²) in [5, 5.41) is 22.0. The first-order valence-electron chi connectivity index (χ1n) is 6.82. The van der Waals surface area contributed by atoms with Crippen LogP contribution in [0.3, 0.4) is 0 Å². The van der Waals surface area contributed by atoms with Gasteiger partial charge in [0.25, 0.3) is 0 Å². The number of imide groups is 1. The third kappa shape index (κ3) is 5.42. The maximum absolute atomic E-state index is 11.9. The number of urea groups is 1. The second kappa shape index (κ2) is 8.05. The SMILES string of the molecule is O=C1NC(=O)N([C@@H]2O[C@H](COP(=O)(O)OP(=O)(O)O)[C@@H](O)[C@H]2O)CC1I. The molecule has 0 radical (unpaired) electrons. The van der Waals surface area contributed by atoms with Gasteiger partial charge in [-0.2, -0.15) is 4.31 Å². The maximum atomic E-state index is 11.9. The molecule has 3 amide bonds. The van der Waals surface area contributed by atoms with Crippen molar-refractivity contribution in [1.82, 2.24) is 10.2 Å². The number of rotatable bonds is 6. The largest absolute Gasteiger partial charge is 0.481 e. The van der Waals surface area contributed by atoms with Gasteiger partial charge in [-0.25, -0.2) is 13.9 Å². The second-order valence-corrected chi connectivity index (χ2v) is 9.63. The normalized spacial score (nSPS) is 35.3. The van der Waals surface area contributed by atoms with E-state index in [2.05, 4.69) is 8.83 Å². The second-order valence-electron chi connectivity index (χ2n) is 5.30. The number of carbonyl (C=O) groups excluding carboxylic acids is 2. The summed E-state index contributed by atoms with van der Waals surface area (Å²) in [6, 6.07) is -0.863. The fourth-order valence-electron chi connectivity index (χ4n) is 2.26. The standard InChI is InChI=1S/C9H15IN2O12P2/c10-3-1-12(9(16)11-7(3)15)8-6(14)5(13)4(23-8)2-22-26(20,21)24-25(17,18)19/h3-6,8,13-14H,1-2H2,(H,20,21)(H,11,15,16)(H2,17,18,19)/t3?,4-,5-,6-,8-/m1/s1. The van der Waals surface area contributed by atoms with Gasteiger partial charge in [-0.15, -0.1) is 0 Å². The van der Waals surface area contributed by atoms with Crippen molar-refractivity contribution < 1.29 is 57.2 Å². The number of amides is 3. The van der Waals surface area contributed by atoms with Crippen molar-refractivity contribution in [2.75, 3.05) is 13.2 Å². The number of aliphatic hydroxyl groups is 2. The first kappa shape index (κ1) is 22.1. The molecule has 0 aliphatic carbocycles. The van der Waals surface area contributed by atoms with E-state index in [1.165, 1.54) is 0 Å². The van der Waals surface area contributed by atoms with E-state index in [1.54, 1.807) is 22.6 Å². The van der Waals surface area contributed by atoms with Crippen LogP contribution in [0.5, 0.6) is 0 Å². The molecule has 2 aliphatic rings. The lowest BCUT2D eigenvalue weighted by Gasteiger charge is -2.34. The molecule has 0 aromatic carbocycles. The molecule has 2 aliphatic heterocycles. The number of carbonyl (C=O) groups is 2. The zero-order valence-electron chi connectivity index (χ0n) is 12.6. The summed E-state index contributed by atoms with van der Waals surface area (Å²) in [6.45, 7) is -1.00. The fraction of sp³-hybridized carbons (Fsp3) is 0.778. The number of ether oxygens (including phenoxy) is 1. The van der Waals surface area contributed by atoms with E-state index in [4.69, 9.17) is 14.5 Å². The molecule has 17 heteroatoms. The first-order valence-corrected chi connectivity index (χ1v) is 11.1. The van der Waals surface area contributed by atoms with Crippen LogP contribution in [0.4, 0.5) is 4.79 Å². The highest BCUT2D eigenvalue weighted by molar-refractivity contribution is 14.1. The van der Waals surface area contributed by atoms with Crippen LogP contribution in [-0.4, -0.2) is 83.3 Å². The Labute approximate surface area is 159 Å². The zero-order valence-corrected chi connectivity index (χ0v) is 16.6. The van der Waals surface area contributed by atoms with Crippen molar-refractivity contribution in [3.05, 3.63) is 0 Å². The van der Waals surface area contributed by atoms with Crippen LogP contribution in [0.2, 0.25) is 0 Å². The number of phosphoric acid groups is 2. The van der Waals surface area contributed by atoms with Gasteiger partial charge in [0.05, 0.1) is 6.61 Å². The van der Waals surface area contributed by atoms with Gasteiger partial charge in [0.1, 0.15) is 22.2 Å². The summed E-state index contributed by atoms with van der Waals surface area (Å²) in [5.74, 6) is -0.532. The Morgan fingerprint density at radius 2 is 1.85 bits per heavy atom. The molecule has 6 atom stereocenters. The van der Waals surface area contributed by atoms with Gasteiger partial charge in [0.15, 0.2) is 6.23 Å². The molecule has 0 bridgehead atoms. The minimum atomic E-state index is -5.32. The van der Waals surface area contributed by atoms with Gasteiger partial charge < -0.3 is 29.6 Å². The summed E-state index contributed by atoms with van der Waals surface area (Å²) in [4.78, 5) is 50.4. The number of nitrogens with one attached hydrogen (secondary N) is 1. The van der Waals surface area contributed by atoms with Crippen LogP contribution in [0.25, 0.3) is 0 Å². The Balaban J connectivity index is 2.01. The smallest absolute Gasteiger partial charge is 0.387 e. The van der Waals surface area contributed by atoms with E-state index in [9.17, 15) is 33.8 Å². The van der Waals surface area contributed by atoms with E-state index in [0.29, 0.717) is 0 Å². The minimum absolute atomic E-state index is 0.118. The lowest BCUT2D eigenvalue weighted by molar-refractivity contribution is -0.124. The van der Waals surface area contributed by atoms with Gasteiger partial charge >= 0.3 is 21.7 Å². The van der Waals surface area contributed by atoms with Crippen molar-refractivity contribution in [2.45, 2.75) is 28.5 Å². The number of hydrogen-bond acceptors (Lipinski definition) is 9. The summed E-state index contributed by atoms with van der Waals surface area (Å²) in [5.41, 5.74) is 0. The maximum Gasteiger partial charge on any atom is 0.481 e. The number of aliphatic hydroxyl groups excluding tert-OH is 2. The molecule has 2 fully saturated rings. The number of hydrogen-bond donors (Lipinski definition) is 6. The molecule has 26 heavy (non-hydrogen) atoms. The van der Waals surface area contributed by atoms with Crippen molar-refractivity contribution in [3.8, 4) is 0 Å². The molecule has 14 nitrogen and oxygen atoms in total. The molecule has 2 saturated heterocycles. The zero-order chi connectivity index (χ0) is 19.9. The monoisotopic (exact) mass is 532 g/mol. The van der Waals surface area contributed by atoms with Crippen LogP contribution in [0.1, 0.15) is 0 Å². The van der Waals surface area contributed by atoms with E-state index in [1.807, 2.05) is 5.32 Å². The van der Waals surface area contributed by atoms with E-state index >= 15 is 0 Å². The first-order chi connectivity index (χ1) is 11.8. The fourth-order valence-corrected chi connectivity index (χ4v) is 4.44. The van der Waals surface area contributed by atoms with Crippen LogP contribution >= 0.6 is 38.2 Å². The van der Waals surface area contributed by atoms with Crippen molar-refractivity contribution in [1.29, 1.82) is 0 Å². The minimum Gasteiger partial charge on any atom is -0.387 e. The van der Waals surface area contributed by atoms with Crippen molar-refractivity contribution >= 4 is 50.2 Å². The molecule has 2 rings (SSSR count). The van der Waals surface area contributed by atoms with Gasteiger partial charge in [0, 0.05) is 6.54 Å². The third-order valence-electron chi connectivity index (χ3n) is 3.39. The van der Waals surface area contributed by atoms with Gasteiger partial charge in [-0.05, 0) is 0 Å². The number of alkyl halides is 1. The highest BCUT2D eigenvalue weighted by atomic mass is 127. The van der Waals surface area contributed by atoms with E-state index < -0.39 is 62.7 Å². The Hall–Kier alpha value is -0.190. The molecule has 0 spiro atoms. The Kier molecular flexibility index (Phi) is 6.84. The summed E-state index contributed by atoms with van der Waals surface area (Å²) < 4.78 is 34.5. The summed E-state index contributed by atoms with van der Waals surface area (Å²) >= 11 is 1.76. The molecule has 2 heterocycles. The molecular formula is C9H15IN2O12P2. The Bertz CT molecular complexity index is 671. The van der Waals surface area contributed by atoms with Gasteiger partial charge in [-0.1, -0.05) is 22.6 Å². The van der Waals surface area contributed by atoms with Crippen molar-refractivity contribution in [3.63, 3.8) is 0 Å². The molecule has 6 N–H and O–H groups in total. The van der Waals surface area contributed by atoms with Gasteiger partial charge in [0.2, 0.25) is 5.91 Å². The topological polar surface area (TPSA) is 212 Å². The highest BCUT2D eigenvalue weighted by Gasteiger charge is 2.49. The Morgan fingerprint density at radius 3 is 2.42 bits per heavy atom. The van der Waals surface area contributed by atoms with E-state index in [0.717, 1.165) is 4.90 Å². The number of halogens is 1. The van der Waals surface area contributed by atoms with Crippen LogP contribution in [0, 0.1) is 0 Å². The number of nitrogens with zero attached hydrogens (tertiary/aromatic N) is 1. The molecular weight excluding hydrogens is 517 g/mol.